The predicted molar refractivity (Wildman–Crippen MR) is 60.9 cm³/mol. The molecule has 4 nitrogen and oxygen atoms in total. The van der Waals surface area contributed by atoms with Gasteiger partial charge >= 0.3 is 0 Å². The first kappa shape index (κ1) is 12.2. The number of nitrogens with zero attached hydrogens (tertiary/aromatic N) is 2. The van der Waals surface area contributed by atoms with Crippen molar-refractivity contribution in [1.82, 2.24) is 14.9 Å². The minimum atomic E-state index is 0.508. The van der Waals surface area contributed by atoms with Gasteiger partial charge in [-0.1, -0.05) is 0 Å². The lowest BCUT2D eigenvalue weighted by molar-refractivity contribution is 0.184. The fourth-order valence-corrected chi connectivity index (χ4v) is 1.47. The molecule has 1 rings (SSSR count). The third-order valence-corrected chi connectivity index (χ3v) is 2.52. The van der Waals surface area contributed by atoms with Crippen molar-refractivity contribution < 1.29 is 4.74 Å². The first-order valence-corrected chi connectivity index (χ1v) is 5.44. The lowest BCUT2D eigenvalue weighted by Crippen LogP contribution is -2.30. The van der Waals surface area contributed by atoms with Crippen LogP contribution in [0, 0.1) is 6.92 Å². The Morgan fingerprint density at radius 2 is 2.40 bits per heavy atom. The summed E-state index contributed by atoms with van der Waals surface area (Å²) in [5.74, 6) is 1.07. The zero-order valence-corrected chi connectivity index (χ0v) is 9.86. The number of aryl methyl sites for hydroxylation is 1. The van der Waals surface area contributed by atoms with Gasteiger partial charge in [0.05, 0.1) is 0 Å². The molecule has 0 radical (unpaired) electrons. The molecule has 15 heavy (non-hydrogen) atoms. The minimum Gasteiger partial charge on any atom is -0.385 e. The Morgan fingerprint density at radius 1 is 1.60 bits per heavy atom. The van der Waals surface area contributed by atoms with Crippen molar-refractivity contribution in [3.05, 3.63) is 18.2 Å². The molecular formula is C11H21N3O. The monoisotopic (exact) mass is 211 g/mol. The highest BCUT2D eigenvalue weighted by Gasteiger charge is 2.01. The van der Waals surface area contributed by atoms with Crippen molar-refractivity contribution in [2.24, 2.45) is 0 Å². The van der Waals surface area contributed by atoms with E-state index >= 15 is 0 Å². The van der Waals surface area contributed by atoms with Crippen LogP contribution in [-0.4, -0.2) is 35.9 Å². The number of methoxy groups -OCH3 is 1. The summed E-state index contributed by atoms with van der Waals surface area (Å²) in [6, 6.07) is 0.508. The highest BCUT2D eigenvalue weighted by molar-refractivity contribution is 4.88. The number of aromatic nitrogens is 2. The molecule has 1 unspecified atom stereocenters. The van der Waals surface area contributed by atoms with E-state index in [0.29, 0.717) is 6.04 Å². The van der Waals surface area contributed by atoms with Crippen molar-refractivity contribution in [3.63, 3.8) is 0 Å². The maximum atomic E-state index is 5.03. The van der Waals surface area contributed by atoms with Crippen LogP contribution < -0.4 is 5.32 Å². The van der Waals surface area contributed by atoms with Crippen LogP contribution in [-0.2, 0) is 11.3 Å². The predicted octanol–water partition coefficient (Wildman–Crippen LogP) is 1.21. The molecule has 0 aliphatic heterocycles. The molecule has 1 atom stereocenters. The van der Waals surface area contributed by atoms with Crippen molar-refractivity contribution in [2.75, 3.05) is 20.3 Å². The molecule has 0 saturated heterocycles. The summed E-state index contributed by atoms with van der Waals surface area (Å²) >= 11 is 0. The first-order chi connectivity index (χ1) is 7.24. The van der Waals surface area contributed by atoms with Gasteiger partial charge < -0.3 is 14.6 Å². The van der Waals surface area contributed by atoms with Crippen LogP contribution in [0.5, 0.6) is 0 Å². The van der Waals surface area contributed by atoms with E-state index in [9.17, 15) is 0 Å². The van der Waals surface area contributed by atoms with Crippen LogP contribution in [0.1, 0.15) is 19.2 Å². The molecule has 0 amide bonds. The van der Waals surface area contributed by atoms with E-state index in [1.165, 1.54) is 0 Å². The van der Waals surface area contributed by atoms with Gasteiger partial charge in [0, 0.05) is 45.2 Å². The highest BCUT2D eigenvalue weighted by atomic mass is 16.5. The van der Waals surface area contributed by atoms with E-state index in [2.05, 4.69) is 21.8 Å². The number of hydrogen-bond acceptors (Lipinski definition) is 3. The Bertz CT molecular complexity index is 273. The van der Waals surface area contributed by atoms with Gasteiger partial charge in [0.2, 0.25) is 0 Å². The van der Waals surface area contributed by atoms with Gasteiger partial charge in [-0.15, -0.1) is 0 Å². The van der Waals surface area contributed by atoms with Crippen LogP contribution in [0.25, 0.3) is 0 Å². The van der Waals surface area contributed by atoms with E-state index < -0.39 is 0 Å². The normalized spacial score (nSPS) is 13.0. The zero-order chi connectivity index (χ0) is 11.1. The van der Waals surface area contributed by atoms with Gasteiger partial charge in [0.25, 0.3) is 0 Å². The second-order valence-corrected chi connectivity index (χ2v) is 3.80. The molecule has 0 aromatic carbocycles. The quantitative estimate of drug-likeness (QED) is 0.736. The fourth-order valence-electron chi connectivity index (χ4n) is 1.47. The van der Waals surface area contributed by atoms with Gasteiger partial charge in [-0.25, -0.2) is 4.98 Å². The Hall–Kier alpha value is -0.870. The number of nitrogens with one attached hydrogen (secondary N) is 1. The molecule has 0 fully saturated rings. The first-order valence-electron chi connectivity index (χ1n) is 5.44. The fraction of sp³-hybridized carbons (Fsp3) is 0.727. The molecule has 1 aromatic rings. The van der Waals surface area contributed by atoms with E-state index in [1.54, 1.807) is 7.11 Å². The maximum Gasteiger partial charge on any atom is 0.105 e. The Morgan fingerprint density at radius 3 is 3.00 bits per heavy atom. The molecule has 4 heteroatoms. The Kier molecular flexibility index (Phi) is 5.36. The highest BCUT2D eigenvalue weighted by Crippen LogP contribution is 1.95. The van der Waals surface area contributed by atoms with Gasteiger partial charge in [0.1, 0.15) is 5.82 Å². The number of imidazole rings is 1. The third kappa shape index (κ3) is 4.44. The molecular weight excluding hydrogens is 190 g/mol. The summed E-state index contributed by atoms with van der Waals surface area (Å²) in [6.45, 7) is 6.97. The lowest BCUT2D eigenvalue weighted by Gasteiger charge is -2.13. The third-order valence-electron chi connectivity index (χ3n) is 2.52. The maximum absolute atomic E-state index is 5.03. The smallest absolute Gasteiger partial charge is 0.105 e. The zero-order valence-electron chi connectivity index (χ0n) is 9.86. The molecule has 86 valence electrons. The van der Waals surface area contributed by atoms with Gasteiger partial charge in [-0.05, 0) is 20.3 Å². The molecule has 0 bridgehead atoms. The Balaban J connectivity index is 2.13. The molecule has 1 N–H and O–H groups in total. The largest absolute Gasteiger partial charge is 0.385 e. The molecule has 0 saturated carbocycles. The van der Waals surface area contributed by atoms with Gasteiger partial charge in [-0.3, -0.25) is 0 Å². The molecule has 1 aromatic heterocycles. The van der Waals surface area contributed by atoms with Crippen LogP contribution in [0.3, 0.4) is 0 Å². The van der Waals surface area contributed by atoms with Crippen molar-refractivity contribution in [2.45, 2.75) is 32.9 Å². The van der Waals surface area contributed by atoms with E-state index in [-0.39, 0.29) is 0 Å². The van der Waals surface area contributed by atoms with Crippen molar-refractivity contribution in [1.29, 1.82) is 0 Å². The summed E-state index contributed by atoms with van der Waals surface area (Å²) < 4.78 is 7.18. The summed E-state index contributed by atoms with van der Waals surface area (Å²) in [5.41, 5.74) is 0. The summed E-state index contributed by atoms with van der Waals surface area (Å²) in [4.78, 5) is 4.18. The van der Waals surface area contributed by atoms with Gasteiger partial charge in [-0.2, -0.15) is 0 Å². The molecule has 1 heterocycles. The van der Waals surface area contributed by atoms with Gasteiger partial charge in [0.15, 0.2) is 0 Å². The number of ether oxygens (including phenoxy) is 1. The van der Waals surface area contributed by atoms with Crippen LogP contribution in [0.15, 0.2) is 12.4 Å². The summed E-state index contributed by atoms with van der Waals surface area (Å²) in [7, 11) is 1.74. The van der Waals surface area contributed by atoms with Crippen LogP contribution in [0.2, 0.25) is 0 Å². The summed E-state index contributed by atoms with van der Waals surface area (Å²) in [5, 5.41) is 3.45. The van der Waals surface area contributed by atoms with E-state index in [4.69, 9.17) is 4.74 Å². The number of rotatable bonds is 7. The van der Waals surface area contributed by atoms with E-state index in [0.717, 1.165) is 31.9 Å². The second-order valence-electron chi connectivity index (χ2n) is 3.80. The van der Waals surface area contributed by atoms with Crippen LogP contribution >= 0.6 is 0 Å². The molecule has 0 spiro atoms. The lowest BCUT2D eigenvalue weighted by atomic mass is 10.2. The van der Waals surface area contributed by atoms with Crippen molar-refractivity contribution in [3.8, 4) is 0 Å². The second kappa shape index (κ2) is 6.58. The Labute approximate surface area is 91.7 Å². The standard InChI is InChI=1S/C11H21N3O/c1-10(4-9-15-3)12-5-7-14-8-6-13-11(14)2/h6,8,10,12H,4-5,7,9H2,1-3H3. The minimum absolute atomic E-state index is 0.508. The topological polar surface area (TPSA) is 39.1 Å². The average molecular weight is 211 g/mol. The molecule has 0 aliphatic carbocycles. The van der Waals surface area contributed by atoms with Crippen molar-refractivity contribution >= 4 is 0 Å². The average Bonchev–Trinajstić information content (AvgIpc) is 2.61. The number of hydrogen-bond donors (Lipinski definition) is 1. The summed E-state index contributed by atoms with van der Waals surface area (Å²) in [6.07, 6.45) is 4.90. The molecule has 0 aliphatic rings. The SMILES string of the molecule is COCCC(C)NCCn1ccnc1C. The van der Waals surface area contributed by atoms with Crippen LogP contribution in [0.4, 0.5) is 0 Å². The van der Waals surface area contributed by atoms with E-state index in [1.807, 2.05) is 19.3 Å².